The number of benzene rings is 1. The number of rotatable bonds is 4. The molecule has 0 saturated carbocycles. The van der Waals surface area contributed by atoms with Gasteiger partial charge in [0.2, 0.25) is 11.1 Å². The van der Waals surface area contributed by atoms with E-state index in [2.05, 4.69) is 21.0 Å². The van der Waals surface area contributed by atoms with Gasteiger partial charge >= 0.3 is 5.97 Å². The molecule has 1 heterocycles. The van der Waals surface area contributed by atoms with E-state index in [0.717, 1.165) is 4.47 Å². The van der Waals surface area contributed by atoms with Crippen LogP contribution in [0.25, 0.3) is 5.69 Å². The summed E-state index contributed by atoms with van der Waals surface area (Å²) in [6, 6.07) is 6.97. The van der Waals surface area contributed by atoms with Crippen LogP contribution >= 0.6 is 15.9 Å². The maximum Gasteiger partial charge on any atom is 0.360 e. The van der Waals surface area contributed by atoms with Gasteiger partial charge in [0.1, 0.15) is 0 Å². The summed E-state index contributed by atoms with van der Waals surface area (Å²) in [4.78, 5) is 35.2. The Bertz CT molecular complexity index is 810. The van der Waals surface area contributed by atoms with Crippen molar-refractivity contribution in [3.63, 3.8) is 0 Å². The third-order valence-electron chi connectivity index (χ3n) is 3.15. The van der Waals surface area contributed by atoms with Crippen molar-refractivity contribution in [3.8, 4) is 5.69 Å². The molecule has 0 spiro atoms. The number of hydrogen-bond acceptors (Lipinski definition) is 4. The molecule has 0 bridgehead atoms. The van der Waals surface area contributed by atoms with Gasteiger partial charge in [-0.1, -0.05) is 22.9 Å². The van der Waals surface area contributed by atoms with E-state index in [1.54, 1.807) is 31.2 Å². The lowest BCUT2D eigenvalue weighted by Gasteiger charge is -2.15. The number of aromatic nitrogens is 2. The van der Waals surface area contributed by atoms with Gasteiger partial charge in [0.15, 0.2) is 5.78 Å². The number of carboxylic acids is 1. The second kappa shape index (κ2) is 6.23. The van der Waals surface area contributed by atoms with Crippen LogP contribution in [-0.2, 0) is 6.42 Å². The Morgan fingerprint density at radius 3 is 2.32 bits per heavy atom. The summed E-state index contributed by atoms with van der Waals surface area (Å²) < 4.78 is 2.19. The lowest BCUT2D eigenvalue weighted by atomic mass is 10.1. The summed E-state index contributed by atoms with van der Waals surface area (Å²) in [7, 11) is 0. The number of aromatic carboxylic acids is 1. The highest BCUT2D eigenvalue weighted by molar-refractivity contribution is 9.10. The van der Waals surface area contributed by atoms with Gasteiger partial charge in [0.25, 0.3) is 0 Å². The number of carbonyl (C=O) groups is 2. The number of hydrogen-bond donors (Lipinski definition) is 1. The monoisotopic (exact) mass is 364 g/mol. The number of Topliss-reactive ketones (excluding diaryl/α,β-unsaturated/α-hetero) is 1. The second-order valence-corrected chi connectivity index (χ2v) is 5.52. The van der Waals surface area contributed by atoms with Crippen LogP contribution in [-0.4, -0.2) is 26.6 Å². The van der Waals surface area contributed by atoms with Crippen LogP contribution in [0, 0.1) is 0 Å². The topological polar surface area (TPSA) is 89.3 Å². The second-order valence-electron chi connectivity index (χ2n) is 4.60. The third-order valence-corrected chi connectivity index (χ3v) is 3.68. The maximum absolute atomic E-state index is 12.2. The molecule has 0 aliphatic heterocycles. The van der Waals surface area contributed by atoms with E-state index in [9.17, 15) is 14.4 Å². The first-order valence-electron chi connectivity index (χ1n) is 6.53. The van der Waals surface area contributed by atoms with E-state index in [-0.39, 0.29) is 5.56 Å². The average molecular weight is 365 g/mol. The van der Waals surface area contributed by atoms with Gasteiger partial charge in [-0.25, -0.2) is 9.48 Å². The molecule has 0 amide bonds. The zero-order chi connectivity index (χ0) is 16.4. The highest BCUT2D eigenvalue weighted by atomic mass is 79.9. The third kappa shape index (κ3) is 2.85. The van der Waals surface area contributed by atoms with Crippen LogP contribution in [0.4, 0.5) is 0 Å². The van der Waals surface area contributed by atoms with Crippen LogP contribution in [0.15, 0.2) is 33.5 Å². The van der Waals surface area contributed by atoms with Gasteiger partial charge in [0.05, 0.1) is 16.9 Å². The zero-order valence-corrected chi connectivity index (χ0v) is 13.5. The molecule has 22 heavy (non-hydrogen) atoms. The summed E-state index contributed by atoms with van der Waals surface area (Å²) in [5.41, 5.74) is -0.664. The molecular formula is C15H13BrN2O4. The van der Waals surface area contributed by atoms with Crippen molar-refractivity contribution in [1.82, 2.24) is 9.78 Å². The molecule has 0 atom stereocenters. The first-order valence-corrected chi connectivity index (χ1v) is 7.32. The van der Waals surface area contributed by atoms with Crippen molar-refractivity contribution >= 4 is 27.7 Å². The first-order chi connectivity index (χ1) is 10.4. The average Bonchev–Trinajstić information content (AvgIpc) is 2.46. The fourth-order valence-corrected chi connectivity index (χ4v) is 2.45. The highest BCUT2D eigenvalue weighted by Gasteiger charge is 2.23. The smallest absolute Gasteiger partial charge is 0.360 e. The zero-order valence-electron chi connectivity index (χ0n) is 12.0. The molecular weight excluding hydrogens is 352 g/mol. The van der Waals surface area contributed by atoms with E-state index in [4.69, 9.17) is 5.11 Å². The molecule has 0 saturated heterocycles. The van der Waals surface area contributed by atoms with E-state index in [0.29, 0.717) is 17.8 Å². The maximum atomic E-state index is 12.2. The molecule has 114 valence electrons. The van der Waals surface area contributed by atoms with Gasteiger partial charge in [-0.05, 0) is 37.6 Å². The predicted octanol–water partition coefficient (Wildman–Crippen LogP) is 2.46. The minimum Gasteiger partial charge on any atom is -0.476 e. The SMILES string of the molecule is CCc1c(C(C)=O)c(=O)c(C(=O)O)nn1-c1ccc(Br)cc1. The Morgan fingerprint density at radius 2 is 1.86 bits per heavy atom. The number of carbonyl (C=O) groups excluding carboxylic acids is 1. The van der Waals surface area contributed by atoms with Gasteiger partial charge in [0, 0.05) is 4.47 Å². The summed E-state index contributed by atoms with van der Waals surface area (Å²) in [5, 5.41) is 13.1. The molecule has 0 aliphatic carbocycles. The molecule has 1 aromatic carbocycles. The Kier molecular flexibility index (Phi) is 4.56. The minimum absolute atomic E-state index is 0.127. The number of ketones is 1. The quantitative estimate of drug-likeness (QED) is 0.841. The first kappa shape index (κ1) is 16.1. The molecule has 0 aliphatic rings. The summed E-state index contributed by atoms with van der Waals surface area (Å²) >= 11 is 3.31. The van der Waals surface area contributed by atoms with Gasteiger partial charge in [-0.2, -0.15) is 5.10 Å². The number of halogens is 1. The van der Waals surface area contributed by atoms with Gasteiger partial charge in [-0.15, -0.1) is 0 Å². The Balaban J connectivity index is 2.88. The lowest BCUT2D eigenvalue weighted by Crippen LogP contribution is -2.30. The Hall–Kier alpha value is -2.28. The van der Waals surface area contributed by atoms with Crippen LogP contribution in [0.5, 0.6) is 0 Å². The molecule has 2 aromatic rings. The van der Waals surface area contributed by atoms with Crippen molar-refractivity contribution in [1.29, 1.82) is 0 Å². The van der Waals surface area contributed by atoms with Crippen molar-refractivity contribution in [3.05, 3.63) is 55.9 Å². The van der Waals surface area contributed by atoms with E-state index in [1.807, 2.05) is 0 Å². The molecule has 1 N–H and O–H groups in total. The normalized spacial score (nSPS) is 10.5. The van der Waals surface area contributed by atoms with Gasteiger partial charge in [-0.3, -0.25) is 9.59 Å². The van der Waals surface area contributed by atoms with Crippen LogP contribution in [0.2, 0.25) is 0 Å². The van der Waals surface area contributed by atoms with Crippen molar-refractivity contribution in [2.24, 2.45) is 0 Å². The number of carboxylic acid groups (broad SMARTS) is 1. The minimum atomic E-state index is -1.46. The van der Waals surface area contributed by atoms with E-state index in [1.165, 1.54) is 11.6 Å². The Morgan fingerprint density at radius 1 is 1.27 bits per heavy atom. The van der Waals surface area contributed by atoms with Gasteiger partial charge < -0.3 is 5.11 Å². The highest BCUT2D eigenvalue weighted by Crippen LogP contribution is 2.17. The summed E-state index contributed by atoms with van der Waals surface area (Å²) in [6.07, 6.45) is 0.368. The molecule has 0 radical (unpaired) electrons. The lowest BCUT2D eigenvalue weighted by molar-refractivity contribution is 0.0686. The fourth-order valence-electron chi connectivity index (χ4n) is 2.19. The fraction of sp³-hybridized carbons (Fsp3) is 0.200. The molecule has 6 nitrogen and oxygen atoms in total. The largest absolute Gasteiger partial charge is 0.476 e. The summed E-state index contributed by atoms with van der Waals surface area (Å²) in [5.74, 6) is -1.93. The van der Waals surface area contributed by atoms with Crippen LogP contribution in [0.1, 0.15) is 40.4 Å². The molecule has 7 heteroatoms. The summed E-state index contributed by atoms with van der Waals surface area (Å²) in [6.45, 7) is 3.02. The standard InChI is InChI=1S/C15H13BrN2O4/c1-3-11-12(8(2)19)14(20)13(15(21)22)17-18(11)10-6-4-9(16)5-7-10/h4-7H,3H2,1-2H3,(H,21,22). The molecule has 0 fully saturated rings. The molecule has 2 rings (SSSR count). The van der Waals surface area contributed by atoms with Crippen LogP contribution < -0.4 is 5.43 Å². The van der Waals surface area contributed by atoms with E-state index >= 15 is 0 Å². The molecule has 1 aromatic heterocycles. The van der Waals surface area contributed by atoms with Crippen molar-refractivity contribution in [2.75, 3.05) is 0 Å². The molecule has 0 unspecified atom stereocenters. The van der Waals surface area contributed by atoms with Crippen molar-refractivity contribution < 1.29 is 14.7 Å². The van der Waals surface area contributed by atoms with Crippen molar-refractivity contribution in [2.45, 2.75) is 20.3 Å². The Labute approximate surface area is 134 Å². The number of nitrogens with zero attached hydrogens (tertiary/aromatic N) is 2. The van der Waals surface area contributed by atoms with Crippen LogP contribution in [0.3, 0.4) is 0 Å². The predicted molar refractivity (Wildman–Crippen MR) is 83.9 cm³/mol. The van der Waals surface area contributed by atoms with E-state index < -0.39 is 22.9 Å².